The van der Waals surface area contributed by atoms with E-state index in [0.717, 1.165) is 25.7 Å². The van der Waals surface area contributed by atoms with Crippen LogP contribution in [0.5, 0.6) is 0 Å². The van der Waals surface area contributed by atoms with Crippen molar-refractivity contribution >= 4 is 5.97 Å². The lowest BCUT2D eigenvalue weighted by atomic mass is 10.1. The largest absolute Gasteiger partial charge is 0.466 e. The first-order chi connectivity index (χ1) is 10.3. The normalized spacial score (nSPS) is 11.1. The summed E-state index contributed by atoms with van der Waals surface area (Å²) in [5.74, 6) is -0.0106. The summed E-state index contributed by atoms with van der Waals surface area (Å²) < 4.78 is 5.14. The Morgan fingerprint density at radius 1 is 0.810 bits per heavy atom. The van der Waals surface area contributed by atoms with Gasteiger partial charge in [-0.2, -0.15) is 0 Å². The van der Waals surface area contributed by atoms with Gasteiger partial charge in [-0.25, -0.2) is 0 Å². The Kier molecular flexibility index (Phi) is 16.6. The molecule has 0 radical (unpaired) electrons. The number of unbranched alkanes of at least 4 members (excludes halogenated alkanes) is 9. The topological polar surface area (TPSA) is 26.3 Å². The summed E-state index contributed by atoms with van der Waals surface area (Å²) in [5.41, 5.74) is 0. The molecule has 0 aromatic rings. The maximum atomic E-state index is 11.4. The molecule has 0 fully saturated rings. The Labute approximate surface area is 132 Å². The zero-order valence-corrected chi connectivity index (χ0v) is 14.4. The number of ether oxygens (including phenoxy) is 1. The van der Waals surface area contributed by atoms with Gasteiger partial charge in [0.15, 0.2) is 0 Å². The molecule has 2 nitrogen and oxygen atoms in total. The lowest BCUT2D eigenvalue weighted by molar-refractivity contribution is -0.143. The van der Waals surface area contributed by atoms with Gasteiger partial charge in [-0.15, -0.1) is 0 Å². The fourth-order valence-electron chi connectivity index (χ4n) is 2.28. The van der Waals surface area contributed by atoms with Gasteiger partial charge in [-0.05, 0) is 32.1 Å². The van der Waals surface area contributed by atoms with Crippen LogP contribution >= 0.6 is 0 Å². The Morgan fingerprint density at radius 2 is 1.43 bits per heavy atom. The smallest absolute Gasteiger partial charge is 0.305 e. The van der Waals surface area contributed by atoms with Crippen molar-refractivity contribution < 1.29 is 9.53 Å². The molecule has 0 atom stereocenters. The van der Waals surface area contributed by atoms with E-state index in [-0.39, 0.29) is 5.97 Å². The molecule has 0 N–H and O–H groups in total. The van der Waals surface area contributed by atoms with Gasteiger partial charge < -0.3 is 4.74 Å². The average Bonchev–Trinajstić information content (AvgIpc) is 2.48. The molecular weight excluding hydrogens is 260 g/mol. The first-order valence-electron chi connectivity index (χ1n) is 9.11. The van der Waals surface area contributed by atoms with E-state index in [9.17, 15) is 4.79 Å². The standard InChI is InChI=1S/C19H36O2/c1-3-5-7-8-9-10-11-12-13-14-15-16-17-19(20)21-18-6-4-2/h5,7H,3-4,6,8-18H2,1-2H3. The van der Waals surface area contributed by atoms with Crippen LogP contribution < -0.4 is 0 Å². The van der Waals surface area contributed by atoms with E-state index in [0.29, 0.717) is 13.0 Å². The maximum Gasteiger partial charge on any atom is 0.305 e. The molecule has 0 aromatic carbocycles. The van der Waals surface area contributed by atoms with Crippen molar-refractivity contribution in [1.82, 2.24) is 0 Å². The molecule has 0 heterocycles. The molecule has 0 unspecified atom stereocenters. The van der Waals surface area contributed by atoms with Gasteiger partial charge in [-0.1, -0.05) is 70.9 Å². The molecule has 2 heteroatoms. The molecule has 21 heavy (non-hydrogen) atoms. The van der Waals surface area contributed by atoms with Crippen LogP contribution in [0.25, 0.3) is 0 Å². The zero-order valence-electron chi connectivity index (χ0n) is 14.4. The van der Waals surface area contributed by atoms with Gasteiger partial charge >= 0.3 is 5.97 Å². The summed E-state index contributed by atoms with van der Waals surface area (Å²) in [5, 5.41) is 0. The van der Waals surface area contributed by atoms with Crippen molar-refractivity contribution in [1.29, 1.82) is 0 Å². The Morgan fingerprint density at radius 3 is 2.05 bits per heavy atom. The molecule has 0 aliphatic heterocycles. The van der Waals surface area contributed by atoms with Crippen molar-refractivity contribution in [2.75, 3.05) is 6.61 Å². The second kappa shape index (κ2) is 17.3. The minimum atomic E-state index is -0.0106. The number of carbonyl (C=O) groups excluding carboxylic acids is 1. The van der Waals surface area contributed by atoms with Crippen LogP contribution in [0.4, 0.5) is 0 Å². The molecule has 0 aromatic heterocycles. The lowest BCUT2D eigenvalue weighted by Gasteiger charge is -2.04. The van der Waals surface area contributed by atoms with Crippen LogP contribution in [0.15, 0.2) is 12.2 Å². The SMILES string of the molecule is CCC=CCCCCCCCCCCC(=O)OCCCC. The van der Waals surface area contributed by atoms with Crippen LogP contribution in [0.3, 0.4) is 0 Å². The second-order valence-corrected chi connectivity index (χ2v) is 5.82. The summed E-state index contributed by atoms with van der Waals surface area (Å²) >= 11 is 0. The van der Waals surface area contributed by atoms with E-state index in [4.69, 9.17) is 4.74 Å². The predicted molar refractivity (Wildman–Crippen MR) is 91.5 cm³/mol. The van der Waals surface area contributed by atoms with Gasteiger partial charge in [0.25, 0.3) is 0 Å². The molecule has 0 bridgehead atoms. The molecule has 0 aliphatic carbocycles. The fraction of sp³-hybridized carbons (Fsp3) is 0.842. The summed E-state index contributed by atoms with van der Waals surface area (Å²) in [6.07, 6.45) is 19.8. The summed E-state index contributed by atoms with van der Waals surface area (Å²) in [7, 11) is 0. The van der Waals surface area contributed by atoms with E-state index in [1.807, 2.05) is 0 Å². The molecule has 0 saturated heterocycles. The third kappa shape index (κ3) is 17.2. The predicted octanol–water partition coefficient (Wildman–Crippen LogP) is 6.20. The number of rotatable bonds is 15. The van der Waals surface area contributed by atoms with E-state index < -0.39 is 0 Å². The monoisotopic (exact) mass is 296 g/mol. The molecule has 0 aliphatic rings. The molecular formula is C19H36O2. The van der Waals surface area contributed by atoms with E-state index in [1.165, 1.54) is 51.4 Å². The molecule has 0 spiro atoms. The highest BCUT2D eigenvalue weighted by Crippen LogP contribution is 2.11. The Balaban J connectivity index is 3.11. The summed E-state index contributed by atoms with van der Waals surface area (Å²) in [6.45, 7) is 4.89. The maximum absolute atomic E-state index is 11.4. The molecule has 0 saturated carbocycles. The van der Waals surface area contributed by atoms with Gasteiger partial charge in [0.05, 0.1) is 6.61 Å². The van der Waals surface area contributed by atoms with Gasteiger partial charge in [-0.3, -0.25) is 4.79 Å². The van der Waals surface area contributed by atoms with Crippen molar-refractivity contribution in [3.63, 3.8) is 0 Å². The van der Waals surface area contributed by atoms with Crippen molar-refractivity contribution in [2.24, 2.45) is 0 Å². The molecule has 0 rings (SSSR count). The minimum Gasteiger partial charge on any atom is -0.466 e. The van der Waals surface area contributed by atoms with Crippen molar-refractivity contribution in [2.45, 2.75) is 97.3 Å². The van der Waals surface area contributed by atoms with Gasteiger partial charge in [0, 0.05) is 6.42 Å². The number of hydrogen-bond donors (Lipinski definition) is 0. The van der Waals surface area contributed by atoms with Crippen LogP contribution in [0.1, 0.15) is 97.3 Å². The first-order valence-corrected chi connectivity index (χ1v) is 9.11. The lowest BCUT2D eigenvalue weighted by Crippen LogP contribution is -2.05. The molecule has 124 valence electrons. The average molecular weight is 296 g/mol. The summed E-state index contributed by atoms with van der Waals surface area (Å²) in [6, 6.07) is 0. The number of allylic oxidation sites excluding steroid dienone is 2. The number of hydrogen-bond acceptors (Lipinski definition) is 2. The minimum absolute atomic E-state index is 0.0106. The van der Waals surface area contributed by atoms with Crippen LogP contribution in [0, 0.1) is 0 Å². The highest BCUT2D eigenvalue weighted by molar-refractivity contribution is 5.69. The van der Waals surface area contributed by atoms with Gasteiger partial charge in [0.2, 0.25) is 0 Å². The number of carbonyl (C=O) groups is 1. The summed E-state index contributed by atoms with van der Waals surface area (Å²) in [4.78, 5) is 11.4. The van der Waals surface area contributed by atoms with E-state index in [2.05, 4.69) is 26.0 Å². The molecule has 0 amide bonds. The van der Waals surface area contributed by atoms with Crippen molar-refractivity contribution in [3.05, 3.63) is 12.2 Å². The van der Waals surface area contributed by atoms with Crippen LogP contribution in [-0.2, 0) is 9.53 Å². The Hall–Kier alpha value is -0.790. The van der Waals surface area contributed by atoms with Crippen LogP contribution in [-0.4, -0.2) is 12.6 Å². The van der Waals surface area contributed by atoms with Crippen LogP contribution in [0.2, 0.25) is 0 Å². The van der Waals surface area contributed by atoms with E-state index in [1.54, 1.807) is 0 Å². The quantitative estimate of drug-likeness (QED) is 0.204. The highest BCUT2D eigenvalue weighted by atomic mass is 16.5. The second-order valence-electron chi connectivity index (χ2n) is 5.82. The third-order valence-electron chi connectivity index (χ3n) is 3.67. The Bertz CT molecular complexity index is 246. The highest BCUT2D eigenvalue weighted by Gasteiger charge is 2.01. The van der Waals surface area contributed by atoms with Gasteiger partial charge in [0.1, 0.15) is 0 Å². The van der Waals surface area contributed by atoms with E-state index >= 15 is 0 Å². The third-order valence-corrected chi connectivity index (χ3v) is 3.67. The zero-order chi connectivity index (χ0) is 15.6. The van der Waals surface area contributed by atoms with Crippen molar-refractivity contribution in [3.8, 4) is 0 Å². The fourth-order valence-corrected chi connectivity index (χ4v) is 2.28. The first kappa shape index (κ1) is 20.2. The number of esters is 1.